The van der Waals surface area contributed by atoms with Gasteiger partial charge in [-0.3, -0.25) is 9.36 Å². The number of benzene rings is 2. The lowest BCUT2D eigenvalue weighted by atomic mass is 9.93. The van der Waals surface area contributed by atoms with Gasteiger partial charge in [0.05, 0.1) is 22.0 Å². The number of para-hydroxylation sites is 2. The second-order valence-corrected chi connectivity index (χ2v) is 9.56. The van der Waals surface area contributed by atoms with E-state index >= 15 is 0 Å². The highest BCUT2D eigenvalue weighted by Gasteiger charge is 2.42. The first-order chi connectivity index (χ1) is 15.4. The van der Waals surface area contributed by atoms with Gasteiger partial charge in [-0.1, -0.05) is 47.7 Å². The van der Waals surface area contributed by atoms with Gasteiger partial charge >= 0.3 is 0 Å². The zero-order valence-electron chi connectivity index (χ0n) is 18.1. The van der Waals surface area contributed by atoms with E-state index in [4.69, 9.17) is 14.8 Å². The highest BCUT2D eigenvalue weighted by atomic mass is 32.1. The maximum atomic E-state index is 13.5. The third-order valence-corrected chi connectivity index (χ3v) is 7.27. The normalized spacial score (nSPS) is 21.5. The average Bonchev–Trinajstić information content (AvgIpc) is 3.24. The van der Waals surface area contributed by atoms with Crippen molar-refractivity contribution in [1.82, 2.24) is 14.3 Å². The first-order valence-corrected chi connectivity index (χ1v) is 11.5. The number of rotatable bonds is 2. The van der Waals surface area contributed by atoms with E-state index in [0.29, 0.717) is 15.8 Å². The Labute approximate surface area is 188 Å². The maximum absolute atomic E-state index is 13.5. The summed E-state index contributed by atoms with van der Waals surface area (Å²) < 4.78 is 10.6. The number of hydrogen-bond donors (Lipinski definition) is 0. The van der Waals surface area contributed by atoms with Crippen molar-refractivity contribution in [2.45, 2.75) is 39.0 Å². The van der Waals surface area contributed by atoms with Crippen LogP contribution in [0.15, 0.2) is 64.4 Å². The third-order valence-electron chi connectivity index (χ3n) is 6.28. The topological polar surface area (TPSA) is 61.4 Å². The van der Waals surface area contributed by atoms with Crippen LogP contribution in [0.5, 0.6) is 5.75 Å². The number of aryl methyl sites for hydroxylation is 1. The summed E-state index contributed by atoms with van der Waals surface area (Å²) in [5, 5.41) is 4.72. The highest BCUT2D eigenvalue weighted by molar-refractivity contribution is 7.07. The molecule has 7 heteroatoms. The Kier molecular flexibility index (Phi) is 4.07. The van der Waals surface area contributed by atoms with Crippen LogP contribution >= 0.6 is 11.3 Å². The van der Waals surface area contributed by atoms with Crippen molar-refractivity contribution in [1.29, 1.82) is 0 Å². The van der Waals surface area contributed by atoms with Crippen LogP contribution in [0.1, 0.15) is 41.9 Å². The van der Waals surface area contributed by atoms with Crippen LogP contribution in [0.25, 0.3) is 11.8 Å². The first-order valence-electron chi connectivity index (χ1n) is 10.7. The molecule has 2 atom stereocenters. The van der Waals surface area contributed by atoms with Crippen LogP contribution in [0.3, 0.4) is 0 Å². The number of nitrogens with zero attached hydrogens (tertiary/aromatic N) is 4. The van der Waals surface area contributed by atoms with Crippen molar-refractivity contribution in [3.8, 4) is 11.4 Å². The molecule has 6 nitrogen and oxygen atoms in total. The van der Waals surface area contributed by atoms with Crippen LogP contribution in [0.4, 0.5) is 0 Å². The van der Waals surface area contributed by atoms with Gasteiger partial charge in [-0.15, -0.1) is 0 Å². The molecule has 2 aliphatic rings. The van der Waals surface area contributed by atoms with E-state index in [1.165, 1.54) is 11.3 Å². The van der Waals surface area contributed by atoms with Gasteiger partial charge in [-0.25, -0.2) is 9.67 Å². The monoisotopic (exact) mass is 442 g/mol. The Morgan fingerprint density at radius 1 is 1.12 bits per heavy atom. The summed E-state index contributed by atoms with van der Waals surface area (Å²) in [6, 6.07) is 17.9. The molecular weight excluding hydrogens is 420 g/mol. The van der Waals surface area contributed by atoms with E-state index < -0.39 is 5.72 Å². The molecular formula is C25H22N4O2S. The number of thiazole rings is 1. The van der Waals surface area contributed by atoms with Gasteiger partial charge in [-0.2, -0.15) is 5.10 Å². The highest BCUT2D eigenvalue weighted by Crippen LogP contribution is 2.42. The Morgan fingerprint density at radius 2 is 1.88 bits per heavy atom. The van der Waals surface area contributed by atoms with Crippen LogP contribution in [-0.4, -0.2) is 20.1 Å². The van der Waals surface area contributed by atoms with Crippen molar-refractivity contribution in [3.63, 3.8) is 0 Å². The molecule has 4 heterocycles. The second kappa shape index (κ2) is 6.77. The second-order valence-electron chi connectivity index (χ2n) is 8.55. The number of ether oxygens (including phenoxy) is 1. The lowest BCUT2D eigenvalue weighted by Gasteiger charge is -2.39. The summed E-state index contributed by atoms with van der Waals surface area (Å²) in [6.07, 6.45) is 2.61. The molecule has 0 spiro atoms. The minimum Gasteiger partial charge on any atom is -0.466 e. The fraction of sp³-hybridized carbons (Fsp3) is 0.240. The molecule has 2 aromatic heterocycles. The summed E-state index contributed by atoms with van der Waals surface area (Å²) in [6.45, 7) is 6.00. The van der Waals surface area contributed by atoms with E-state index in [-0.39, 0.29) is 11.6 Å². The van der Waals surface area contributed by atoms with Crippen LogP contribution in [0.2, 0.25) is 0 Å². The SMILES string of the molecule is Cc1nn(-c2ccccc2)c(C)c1/C=c1\sc2n(c1=O)[C@H]1C[C@](C)(N=2)Oc2ccccc21. The van der Waals surface area contributed by atoms with Gasteiger partial charge in [0.25, 0.3) is 5.56 Å². The van der Waals surface area contributed by atoms with E-state index in [9.17, 15) is 4.79 Å². The van der Waals surface area contributed by atoms with Gasteiger partial charge in [0.1, 0.15) is 5.75 Å². The fourth-order valence-corrected chi connectivity index (χ4v) is 5.86. The van der Waals surface area contributed by atoms with E-state index in [0.717, 1.165) is 34.0 Å². The van der Waals surface area contributed by atoms with Crippen LogP contribution in [0, 0.1) is 13.8 Å². The standard InChI is InChI=1S/C25H22N4O2S/c1-15-19(16(2)29(27-15)17-9-5-4-6-10-17)13-22-23(30)28-20-14-25(3,26-24(28)32-22)31-21-12-8-7-11-18(20)21/h4-13,20H,14H2,1-3H3/b22-13-/t20-,25+/m0/s1. The average molecular weight is 443 g/mol. The Morgan fingerprint density at radius 3 is 2.69 bits per heavy atom. The molecule has 0 N–H and O–H groups in total. The van der Waals surface area contributed by atoms with Gasteiger partial charge in [0, 0.05) is 23.2 Å². The lowest BCUT2D eigenvalue weighted by Crippen LogP contribution is -2.49. The van der Waals surface area contributed by atoms with Crippen molar-refractivity contribution < 1.29 is 4.74 Å². The number of hydrogen-bond acceptors (Lipinski definition) is 5. The van der Waals surface area contributed by atoms with Crippen molar-refractivity contribution in [2.75, 3.05) is 0 Å². The largest absolute Gasteiger partial charge is 0.466 e. The molecule has 0 saturated heterocycles. The molecule has 0 amide bonds. The van der Waals surface area contributed by atoms with Crippen molar-refractivity contribution in [3.05, 3.63) is 96.8 Å². The van der Waals surface area contributed by atoms with E-state index in [1.807, 2.05) is 90.7 Å². The molecule has 160 valence electrons. The van der Waals surface area contributed by atoms with Gasteiger partial charge in [-0.05, 0) is 45.0 Å². The molecule has 0 aliphatic carbocycles. The third kappa shape index (κ3) is 2.81. The van der Waals surface area contributed by atoms with Crippen molar-refractivity contribution >= 4 is 17.4 Å². The Bertz CT molecular complexity index is 1550. The predicted octanol–water partition coefficient (Wildman–Crippen LogP) is 3.26. The van der Waals surface area contributed by atoms with Crippen LogP contribution in [-0.2, 0) is 0 Å². The molecule has 32 heavy (non-hydrogen) atoms. The molecule has 6 rings (SSSR count). The van der Waals surface area contributed by atoms with E-state index in [2.05, 4.69) is 0 Å². The van der Waals surface area contributed by atoms with Crippen LogP contribution < -0.4 is 19.6 Å². The summed E-state index contributed by atoms with van der Waals surface area (Å²) in [7, 11) is 0. The Balaban J connectivity index is 1.54. The first kappa shape index (κ1) is 19.3. The summed E-state index contributed by atoms with van der Waals surface area (Å²) in [5.74, 6) is 0.806. The smallest absolute Gasteiger partial charge is 0.270 e. The fourth-order valence-electron chi connectivity index (χ4n) is 4.75. The molecule has 0 saturated carbocycles. The molecule has 0 fully saturated rings. The zero-order valence-corrected chi connectivity index (χ0v) is 18.9. The minimum absolute atomic E-state index is 0.0104. The van der Waals surface area contributed by atoms with Crippen molar-refractivity contribution in [2.24, 2.45) is 4.99 Å². The number of fused-ring (bicyclic) bond motifs is 6. The minimum atomic E-state index is -0.655. The van der Waals surface area contributed by atoms with Gasteiger partial charge < -0.3 is 4.74 Å². The molecule has 0 radical (unpaired) electrons. The maximum Gasteiger partial charge on any atom is 0.270 e. The molecule has 4 aromatic rings. The quantitative estimate of drug-likeness (QED) is 0.479. The van der Waals surface area contributed by atoms with Gasteiger partial charge in [0.2, 0.25) is 5.72 Å². The summed E-state index contributed by atoms with van der Waals surface area (Å²) in [5.41, 5.74) is 4.23. The lowest BCUT2D eigenvalue weighted by molar-refractivity contribution is 0.0410. The predicted molar refractivity (Wildman–Crippen MR) is 124 cm³/mol. The zero-order chi connectivity index (χ0) is 22.0. The van der Waals surface area contributed by atoms with E-state index in [1.54, 1.807) is 0 Å². The number of aromatic nitrogens is 3. The molecule has 2 aliphatic heterocycles. The Hall–Kier alpha value is -3.45. The molecule has 2 bridgehead atoms. The van der Waals surface area contributed by atoms with Gasteiger partial charge in [0.15, 0.2) is 4.80 Å². The summed E-state index contributed by atoms with van der Waals surface area (Å²) in [4.78, 5) is 19.1. The summed E-state index contributed by atoms with van der Waals surface area (Å²) >= 11 is 1.42. The molecule has 0 unspecified atom stereocenters. The molecule has 2 aromatic carbocycles.